The minimum atomic E-state index is -1.29. The number of hydrogen-bond donors (Lipinski definition) is 2. The predicted octanol–water partition coefficient (Wildman–Crippen LogP) is 1.12. The molecule has 0 amide bonds. The lowest BCUT2D eigenvalue weighted by Crippen LogP contribution is -2.37. The number of ketones is 1. The molecule has 13 heavy (non-hydrogen) atoms. The molecule has 1 unspecified atom stereocenters. The molecule has 0 aliphatic rings. The molecule has 0 saturated carbocycles. The fraction of sp³-hybridized carbons (Fsp3) is 0.900. The Balaban J connectivity index is 4.24. The van der Waals surface area contributed by atoms with Crippen LogP contribution in [0, 0.1) is 5.92 Å². The van der Waals surface area contributed by atoms with Gasteiger partial charge in [-0.3, -0.25) is 4.79 Å². The highest BCUT2D eigenvalue weighted by Crippen LogP contribution is 2.22. The molecule has 0 radical (unpaired) electrons. The summed E-state index contributed by atoms with van der Waals surface area (Å²) < 4.78 is 0. The summed E-state index contributed by atoms with van der Waals surface area (Å²) in [6.07, 6.45) is 0.201. The van der Waals surface area contributed by atoms with Crippen LogP contribution in [-0.4, -0.2) is 27.2 Å². The molecule has 2 N–H and O–H groups in total. The first-order chi connectivity index (χ1) is 5.55. The normalized spacial score (nSPS) is 15.6. The molecule has 3 nitrogen and oxygen atoms in total. The third-order valence-electron chi connectivity index (χ3n) is 2.38. The minimum Gasteiger partial charge on any atom is -0.390 e. The van der Waals surface area contributed by atoms with Gasteiger partial charge in [0.25, 0.3) is 0 Å². The van der Waals surface area contributed by atoms with Crippen molar-refractivity contribution in [2.75, 3.05) is 0 Å². The largest absolute Gasteiger partial charge is 0.390 e. The van der Waals surface area contributed by atoms with E-state index in [0.29, 0.717) is 0 Å². The third-order valence-corrected chi connectivity index (χ3v) is 2.38. The summed E-state index contributed by atoms with van der Waals surface area (Å²) >= 11 is 0. The number of carbonyl (C=O) groups excluding carboxylic acids is 1. The molecule has 0 aromatic heterocycles. The van der Waals surface area contributed by atoms with Crippen LogP contribution in [0.4, 0.5) is 0 Å². The maximum absolute atomic E-state index is 11.4. The van der Waals surface area contributed by atoms with Crippen LogP contribution in [0.5, 0.6) is 0 Å². The monoisotopic (exact) mass is 188 g/mol. The zero-order valence-electron chi connectivity index (χ0n) is 9.09. The molecule has 0 aromatic rings. The number of hydrogen-bond acceptors (Lipinski definition) is 3. The second-order valence-corrected chi connectivity index (χ2v) is 4.74. The molecule has 0 heterocycles. The van der Waals surface area contributed by atoms with E-state index in [-0.39, 0.29) is 18.1 Å². The van der Waals surface area contributed by atoms with E-state index in [1.54, 1.807) is 20.8 Å². The Morgan fingerprint density at radius 2 is 1.62 bits per heavy atom. The molecule has 0 aromatic carbocycles. The van der Waals surface area contributed by atoms with E-state index >= 15 is 0 Å². The Kier molecular flexibility index (Phi) is 3.64. The summed E-state index contributed by atoms with van der Waals surface area (Å²) in [7, 11) is 0. The number of carbonyl (C=O) groups is 1. The molecule has 0 rings (SSSR count). The fourth-order valence-corrected chi connectivity index (χ4v) is 0.778. The van der Waals surface area contributed by atoms with Gasteiger partial charge >= 0.3 is 0 Å². The minimum absolute atomic E-state index is 0.147. The van der Waals surface area contributed by atoms with Crippen LogP contribution < -0.4 is 0 Å². The summed E-state index contributed by atoms with van der Waals surface area (Å²) in [5, 5.41) is 18.9. The van der Waals surface area contributed by atoms with Gasteiger partial charge in [-0.1, -0.05) is 6.92 Å². The van der Waals surface area contributed by atoms with Crippen molar-refractivity contribution in [3.63, 3.8) is 0 Å². The van der Waals surface area contributed by atoms with Gasteiger partial charge in [0.15, 0.2) is 5.78 Å². The van der Waals surface area contributed by atoms with Crippen molar-refractivity contribution in [2.45, 2.75) is 52.2 Å². The molecule has 3 heteroatoms. The Hall–Kier alpha value is -0.410. The van der Waals surface area contributed by atoms with Gasteiger partial charge in [0.2, 0.25) is 0 Å². The van der Waals surface area contributed by atoms with Gasteiger partial charge in [-0.05, 0) is 33.6 Å². The lowest BCUT2D eigenvalue weighted by Gasteiger charge is -2.27. The van der Waals surface area contributed by atoms with Gasteiger partial charge in [0.1, 0.15) is 5.60 Å². The van der Waals surface area contributed by atoms with Gasteiger partial charge < -0.3 is 10.2 Å². The quantitative estimate of drug-likeness (QED) is 0.695. The summed E-state index contributed by atoms with van der Waals surface area (Å²) in [5.41, 5.74) is -2.17. The first-order valence-corrected chi connectivity index (χ1v) is 4.53. The summed E-state index contributed by atoms with van der Waals surface area (Å²) in [4.78, 5) is 11.4. The van der Waals surface area contributed by atoms with Crippen LogP contribution in [0.2, 0.25) is 0 Å². The highest BCUT2D eigenvalue weighted by Gasteiger charge is 2.30. The van der Waals surface area contributed by atoms with Gasteiger partial charge in [-0.2, -0.15) is 0 Å². The van der Waals surface area contributed by atoms with E-state index in [1.807, 2.05) is 0 Å². The maximum Gasteiger partial charge on any atom is 0.164 e. The first-order valence-electron chi connectivity index (χ1n) is 4.53. The molecule has 78 valence electrons. The zero-order chi connectivity index (χ0) is 10.9. The lowest BCUT2D eigenvalue weighted by atomic mass is 9.85. The van der Waals surface area contributed by atoms with Crippen LogP contribution in [0.25, 0.3) is 0 Å². The van der Waals surface area contributed by atoms with Crippen molar-refractivity contribution in [3.05, 3.63) is 0 Å². The molecular formula is C10H20O3. The summed E-state index contributed by atoms with van der Waals surface area (Å²) in [6, 6.07) is 0. The highest BCUT2D eigenvalue weighted by atomic mass is 16.3. The molecular weight excluding hydrogens is 168 g/mol. The van der Waals surface area contributed by atoms with Gasteiger partial charge in [0.05, 0.1) is 5.60 Å². The summed E-state index contributed by atoms with van der Waals surface area (Å²) in [5.74, 6) is -0.381. The van der Waals surface area contributed by atoms with E-state index < -0.39 is 11.2 Å². The number of Topliss-reactive ketones (excluding diaryl/α,β-unsaturated/α-hetero) is 1. The zero-order valence-corrected chi connectivity index (χ0v) is 9.09. The van der Waals surface area contributed by atoms with Crippen molar-refractivity contribution < 1.29 is 15.0 Å². The topological polar surface area (TPSA) is 57.5 Å². The molecule has 0 saturated heterocycles. The maximum atomic E-state index is 11.4. The molecule has 1 atom stereocenters. The number of aliphatic hydroxyl groups is 2. The van der Waals surface area contributed by atoms with E-state index in [2.05, 4.69) is 0 Å². The third kappa shape index (κ3) is 4.39. The summed E-state index contributed by atoms with van der Waals surface area (Å²) in [6.45, 7) is 8.05. The average Bonchev–Trinajstić information content (AvgIpc) is 1.82. The van der Waals surface area contributed by atoms with Crippen molar-refractivity contribution in [2.24, 2.45) is 5.92 Å². The van der Waals surface area contributed by atoms with Crippen molar-refractivity contribution in [1.29, 1.82) is 0 Å². The van der Waals surface area contributed by atoms with Gasteiger partial charge in [-0.25, -0.2) is 0 Å². The van der Waals surface area contributed by atoms with Crippen LogP contribution >= 0.6 is 0 Å². The molecule has 0 aliphatic heterocycles. The van der Waals surface area contributed by atoms with Gasteiger partial charge in [0, 0.05) is 6.42 Å². The Labute approximate surface area is 79.8 Å². The Morgan fingerprint density at radius 1 is 1.23 bits per heavy atom. The molecule has 0 bridgehead atoms. The predicted molar refractivity (Wildman–Crippen MR) is 51.4 cm³/mol. The average molecular weight is 188 g/mol. The smallest absolute Gasteiger partial charge is 0.164 e. The van der Waals surface area contributed by atoms with E-state index in [1.165, 1.54) is 13.8 Å². The van der Waals surface area contributed by atoms with Crippen LogP contribution in [0.15, 0.2) is 0 Å². The fourth-order valence-electron chi connectivity index (χ4n) is 0.778. The standard InChI is InChI=1S/C10H20O3/c1-7(9(2,3)12)6-8(11)10(4,5)13/h7,12-13H,6H2,1-5H3. The van der Waals surface area contributed by atoms with E-state index in [4.69, 9.17) is 0 Å². The second kappa shape index (κ2) is 3.76. The Bertz CT molecular complexity index is 183. The van der Waals surface area contributed by atoms with Crippen LogP contribution in [-0.2, 0) is 4.79 Å². The molecule has 0 spiro atoms. The van der Waals surface area contributed by atoms with Crippen LogP contribution in [0.1, 0.15) is 41.0 Å². The second-order valence-electron chi connectivity index (χ2n) is 4.74. The Morgan fingerprint density at radius 3 is 1.85 bits per heavy atom. The van der Waals surface area contributed by atoms with Crippen molar-refractivity contribution in [1.82, 2.24) is 0 Å². The van der Waals surface area contributed by atoms with Crippen molar-refractivity contribution in [3.8, 4) is 0 Å². The van der Waals surface area contributed by atoms with Gasteiger partial charge in [-0.15, -0.1) is 0 Å². The van der Waals surface area contributed by atoms with E-state index in [9.17, 15) is 15.0 Å². The molecule has 0 fully saturated rings. The lowest BCUT2D eigenvalue weighted by molar-refractivity contribution is -0.136. The first kappa shape index (κ1) is 12.6. The van der Waals surface area contributed by atoms with E-state index in [0.717, 1.165) is 0 Å². The van der Waals surface area contributed by atoms with Crippen LogP contribution in [0.3, 0.4) is 0 Å². The van der Waals surface area contributed by atoms with Crippen molar-refractivity contribution >= 4 is 5.78 Å². The SMILES string of the molecule is CC(CC(=O)C(C)(C)O)C(C)(C)O. The number of rotatable bonds is 4. The highest BCUT2D eigenvalue weighted by molar-refractivity contribution is 5.86. The molecule has 0 aliphatic carbocycles.